The number of rotatable bonds is 4. The molecule has 0 aromatic heterocycles. The molecule has 5 nitrogen and oxygen atoms in total. The Kier molecular flexibility index (Phi) is 5.27. The van der Waals surface area contributed by atoms with Crippen molar-refractivity contribution < 1.29 is 23.0 Å². The summed E-state index contributed by atoms with van der Waals surface area (Å²) in [5, 5.41) is 13.2. The van der Waals surface area contributed by atoms with Gasteiger partial charge in [0.05, 0.1) is 19.2 Å². The van der Waals surface area contributed by atoms with Gasteiger partial charge in [0, 0.05) is 12.0 Å². The van der Waals surface area contributed by atoms with Crippen molar-refractivity contribution in [3.05, 3.63) is 65.7 Å². The largest absolute Gasteiger partial charge is 0.493 e. The predicted octanol–water partition coefficient (Wildman–Crippen LogP) is 2.86. The van der Waals surface area contributed by atoms with E-state index < -0.39 is 18.3 Å². The van der Waals surface area contributed by atoms with Crippen LogP contribution in [0.5, 0.6) is 5.75 Å². The van der Waals surface area contributed by atoms with E-state index in [9.17, 15) is 18.3 Å². The highest BCUT2D eigenvalue weighted by Crippen LogP contribution is 2.39. The van der Waals surface area contributed by atoms with Gasteiger partial charge in [0.2, 0.25) is 5.60 Å². The number of aliphatic imine (C=N–C) groups is 1. The fraction of sp³-hybridized carbons (Fsp3) is 0.316. The van der Waals surface area contributed by atoms with E-state index in [4.69, 9.17) is 10.5 Å². The molecule has 2 aromatic rings. The fourth-order valence-electron chi connectivity index (χ4n) is 2.97. The summed E-state index contributed by atoms with van der Waals surface area (Å²) in [7, 11) is 0. The van der Waals surface area contributed by atoms with Gasteiger partial charge in [-0.15, -0.1) is 0 Å². The van der Waals surface area contributed by atoms with Crippen LogP contribution in [0, 0.1) is 0 Å². The third-order valence-electron chi connectivity index (χ3n) is 4.48. The van der Waals surface area contributed by atoms with E-state index in [0.717, 1.165) is 5.56 Å². The second-order valence-corrected chi connectivity index (χ2v) is 6.30. The number of para-hydroxylation sites is 1. The Morgan fingerprint density at radius 3 is 2.52 bits per heavy atom. The number of hydrogen-bond donors (Lipinski definition) is 3. The number of hydrogen-bond acceptors (Lipinski definition) is 3. The Hall–Kier alpha value is -2.74. The van der Waals surface area contributed by atoms with Crippen LogP contribution in [-0.4, -0.2) is 30.4 Å². The van der Waals surface area contributed by atoms with E-state index in [2.05, 4.69) is 10.3 Å². The molecule has 4 N–H and O–H groups in total. The van der Waals surface area contributed by atoms with E-state index >= 15 is 0 Å². The van der Waals surface area contributed by atoms with Gasteiger partial charge in [0.25, 0.3) is 0 Å². The molecule has 1 aliphatic rings. The van der Waals surface area contributed by atoms with Crippen molar-refractivity contribution in [3.63, 3.8) is 0 Å². The first-order chi connectivity index (χ1) is 12.8. The molecule has 0 fully saturated rings. The maximum absolute atomic E-state index is 13.5. The van der Waals surface area contributed by atoms with Crippen LogP contribution < -0.4 is 15.8 Å². The first-order valence-electron chi connectivity index (χ1n) is 8.44. The van der Waals surface area contributed by atoms with Gasteiger partial charge in [-0.25, -0.2) is 4.99 Å². The number of fused-ring (bicyclic) bond motifs is 1. The van der Waals surface area contributed by atoms with Gasteiger partial charge in [0.1, 0.15) is 5.75 Å². The summed E-state index contributed by atoms with van der Waals surface area (Å²) < 4.78 is 46.0. The highest BCUT2D eigenvalue weighted by Gasteiger charge is 2.55. The quantitative estimate of drug-likeness (QED) is 0.564. The van der Waals surface area contributed by atoms with Crippen LogP contribution in [0.2, 0.25) is 0 Å². The molecule has 2 atom stereocenters. The third kappa shape index (κ3) is 4.00. The summed E-state index contributed by atoms with van der Waals surface area (Å²) >= 11 is 0. The highest BCUT2D eigenvalue weighted by atomic mass is 19.4. The Labute approximate surface area is 154 Å². The lowest BCUT2D eigenvalue weighted by atomic mass is 9.93. The Balaban J connectivity index is 1.78. The highest BCUT2D eigenvalue weighted by molar-refractivity contribution is 5.78. The molecule has 0 spiro atoms. The van der Waals surface area contributed by atoms with Crippen molar-refractivity contribution in [1.82, 2.24) is 5.32 Å². The minimum atomic E-state index is -4.90. The van der Waals surface area contributed by atoms with Crippen LogP contribution in [-0.2, 0) is 5.60 Å². The van der Waals surface area contributed by atoms with Crippen LogP contribution in [0.25, 0.3) is 0 Å². The van der Waals surface area contributed by atoms with E-state index in [1.165, 1.54) is 24.3 Å². The first kappa shape index (κ1) is 19.0. The van der Waals surface area contributed by atoms with Crippen LogP contribution >= 0.6 is 0 Å². The standard InChI is InChI=1S/C19H20F3N3O2/c20-19(21,22)18(26,13-6-2-1-3-7-13)12-24-17(23)25-15-10-11-27-16-9-5-4-8-14(15)16/h1-9,15,26H,10-12H2,(H3,23,24,25). The summed E-state index contributed by atoms with van der Waals surface area (Å²) in [5.41, 5.74) is 3.26. The fourth-order valence-corrected chi connectivity index (χ4v) is 2.97. The number of halogens is 3. The van der Waals surface area contributed by atoms with E-state index in [-0.39, 0.29) is 17.6 Å². The summed E-state index contributed by atoms with van der Waals surface area (Å²) in [6, 6.07) is 14.0. The molecule has 0 saturated carbocycles. The van der Waals surface area contributed by atoms with Gasteiger partial charge in [-0.1, -0.05) is 48.5 Å². The molecule has 1 heterocycles. The Bertz CT molecular complexity index is 811. The summed E-state index contributed by atoms with van der Waals surface area (Å²) in [5.74, 6) is 0.528. The van der Waals surface area contributed by atoms with Gasteiger partial charge in [-0.2, -0.15) is 13.2 Å². The molecule has 0 aliphatic carbocycles. The minimum Gasteiger partial charge on any atom is -0.493 e. The number of benzene rings is 2. The first-order valence-corrected chi connectivity index (χ1v) is 8.44. The zero-order chi connectivity index (χ0) is 19.5. The molecule has 0 radical (unpaired) electrons. The Morgan fingerprint density at radius 1 is 1.15 bits per heavy atom. The maximum Gasteiger partial charge on any atom is 0.423 e. The molecule has 1 aliphatic heterocycles. The van der Waals surface area contributed by atoms with Crippen LogP contribution in [0.4, 0.5) is 13.2 Å². The number of nitrogens with two attached hydrogens (primary N) is 1. The smallest absolute Gasteiger partial charge is 0.423 e. The van der Waals surface area contributed by atoms with Gasteiger partial charge < -0.3 is 20.9 Å². The lowest BCUT2D eigenvalue weighted by molar-refractivity contribution is -0.261. The zero-order valence-electron chi connectivity index (χ0n) is 14.4. The SMILES string of the molecule is NC(=NCC(O)(c1ccccc1)C(F)(F)F)NC1CCOc2ccccc21. The molecule has 8 heteroatoms. The molecular formula is C19H20F3N3O2. The zero-order valence-corrected chi connectivity index (χ0v) is 14.4. The monoisotopic (exact) mass is 379 g/mol. The molecule has 0 bridgehead atoms. The Morgan fingerprint density at radius 2 is 1.81 bits per heavy atom. The normalized spacial score (nSPS) is 19.6. The summed E-state index contributed by atoms with van der Waals surface area (Å²) in [6.07, 6.45) is -4.31. The second-order valence-electron chi connectivity index (χ2n) is 6.30. The molecule has 27 heavy (non-hydrogen) atoms. The van der Waals surface area contributed by atoms with Crippen molar-refractivity contribution in [2.24, 2.45) is 10.7 Å². The van der Waals surface area contributed by atoms with Crippen LogP contribution in [0.15, 0.2) is 59.6 Å². The number of aliphatic hydroxyl groups is 1. The number of alkyl halides is 3. The molecule has 0 saturated heterocycles. The average Bonchev–Trinajstić information content (AvgIpc) is 2.66. The lowest BCUT2D eigenvalue weighted by Gasteiger charge is -2.30. The molecule has 3 rings (SSSR count). The predicted molar refractivity (Wildman–Crippen MR) is 95.3 cm³/mol. The number of nitrogens with one attached hydrogen (secondary N) is 1. The van der Waals surface area contributed by atoms with Crippen molar-refractivity contribution >= 4 is 5.96 Å². The molecular weight excluding hydrogens is 359 g/mol. The van der Waals surface area contributed by atoms with Crippen LogP contribution in [0.1, 0.15) is 23.6 Å². The van der Waals surface area contributed by atoms with Gasteiger partial charge in [-0.3, -0.25) is 0 Å². The minimum absolute atomic E-state index is 0.171. The summed E-state index contributed by atoms with van der Waals surface area (Å²) in [6.45, 7) is -0.483. The molecule has 0 amide bonds. The van der Waals surface area contributed by atoms with Crippen molar-refractivity contribution in [2.75, 3.05) is 13.2 Å². The van der Waals surface area contributed by atoms with Crippen molar-refractivity contribution in [1.29, 1.82) is 0 Å². The molecule has 144 valence electrons. The molecule has 2 unspecified atom stereocenters. The van der Waals surface area contributed by atoms with E-state index in [1.807, 2.05) is 24.3 Å². The van der Waals surface area contributed by atoms with Crippen molar-refractivity contribution in [3.8, 4) is 5.75 Å². The second kappa shape index (κ2) is 7.48. The van der Waals surface area contributed by atoms with E-state index in [0.29, 0.717) is 18.8 Å². The van der Waals surface area contributed by atoms with Crippen LogP contribution in [0.3, 0.4) is 0 Å². The number of nitrogens with zero attached hydrogens (tertiary/aromatic N) is 1. The van der Waals surface area contributed by atoms with Crippen molar-refractivity contribution in [2.45, 2.75) is 24.2 Å². The number of ether oxygens (including phenoxy) is 1. The lowest BCUT2D eigenvalue weighted by Crippen LogP contribution is -2.46. The number of guanidine groups is 1. The third-order valence-corrected chi connectivity index (χ3v) is 4.48. The topological polar surface area (TPSA) is 79.9 Å². The van der Waals surface area contributed by atoms with Gasteiger partial charge in [-0.05, 0) is 11.6 Å². The van der Waals surface area contributed by atoms with E-state index in [1.54, 1.807) is 6.07 Å². The average molecular weight is 379 g/mol. The van der Waals surface area contributed by atoms with Gasteiger partial charge in [0.15, 0.2) is 5.96 Å². The maximum atomic E-state index is 13.5. The van der Waals surface area contributed by atoms with Gasteiger partial charge >= 0.3 is 6.18 Å². The molecule has 2 aromatic carbocycles. The summed E-state index contributed by atoms with van der Waals surface area (Å²) in [4.78, 5) is 3.78.